The number of rotatable bonds is 4. The van der Waals surface area contributed by atoms with Gasteiger partial charge in [0, 0.05) is 18.7 Å². The van der Waals surface area contributed by atoms with Gasteiger partial charge in [0.1, 0.15) is 19.3 Å². The zero-order chi connectivity index (χ0) is 15.7. The van der Waals surface area contributed by atoms with Gasteiger partial charge in [0.15, 0.2) is 11.5 Å². The topological polar surface area (TPSA) is 54.0 Å². The highest BCUT2D eigenvalue weighted by Gasteiger charge is 2.31. The van der Waals surface area contributed by atoms with E-state index in [9.17, 15) is 4.79 Å². The van der Waals surface area contributed by atoms with E-state index in [1.54, 1.807) is 0 Å². The molecule has 1 aromatic rings. The number of hydrogen-bond acceptors (Lipinski definition) is 5. The highest BCUT2D eigenvalue weighted by molar-refractivity contribution is 6.05. The Balaban J connectivity index is 1.88. The molecule has 1 atom stereocenters. The van der Waals surface area contributed by atoms with Crippen molar-refractivity contribution in [1.29, 1.82) is 0 Å². The second-order valence-corrected chi connectivity index (χ2v) is 6.03. The summed E-state index contributed by atoms with van der Waals surface area (Å²) < 4.78 is 11.3. The zero-order valence-corrected chi connectivity index (χ0v) is 13.4. The standard InChI is InChI=1S/C16H23N3O3/c1-11-16(20)19(6-4-5-18(2)3)13-10-15-14(9-12(13)17-11)21-7-8-22-15/h9-11,17H,4-8H2,1-3H3. The Morgan fingerprint density at radius 3 is 2.64 bits per heavy atom. The van der Waals surface area contributed by atoms with Gasteiger partial charge in [0.05, 0.1) is 11.4 Å². The molecule has 6 heteroatoms. The van der Waals surface area contributed by atoms with E-state index in [2.05, 4.69) is 10.2 Å². The second kappa shape index (κ2) is 6.04. The predicted molar refractivity (Wildman–Crippen MR) is 86.0 cm³/mol. The first-order chi connectivity index (χ1) is 10.6. The van der Waals surface area contributed by atoms with E-state index in [1.807, 2.05) is 38.1 Å². The maximum atomic E-state index is 12.5. The van der Waals surface area contributed by atoms with Gasteiger partial charge in [-0.1, -0.05) is 0 Å². The Morgan fingerprint density at radius 1 is 1.27 bits per heavy atom. The van der Waals surface area contributed by atoms with Gasteiger partial charge in [-0.15, -0.1) is 0 Å². The number of amides is 1. The molecule has 1 unspecified atom stereocenters. The smallest absolute Gasteiger partial charge is 0.249 e. The van der Waals surface area contributed by atoms with Crippen LogP contribution in [0.3, 0.4) is 0 Å². The summed E-state index contributed by atoms with van der Waals surface area (Å²) in [5, 5.41) is 3.25. The Bertz CT molecular complexity index is 574. The van der Waals surface area contributed by atoms with Gasteiger partial charge in [-0.2, -0.15) is 0 Å². The van der Waals surface area contributed by atoms with Crippen molar-refractivity contribution in [2.45, 2.75) is 19.4 Å². The molecule has 2 aliphatic heterocycles. The van der Waals surface area contributed by atoms with E-state index < -0.39 is 0 Å². The molecule has 0 bridgehead atoms. The van der Waals surface area contributed by atoms with Crippen LogP contribution in [0.15, 0.2) is 12.1 Å². The van der Waals surface area contributed by atoms with E-state index in [0.717, 1.165) is 30.1 Å². The summed E-state index contributed by atoms with van der Waals surface area (Å²) in [6.45, 7) is 4.65. The molecule has 0 radical (unpaired) electrons. The Morgan fingerprint density at radius 2 is 1.95 bits per heavy atom. The van der Waals surface area contributed by atoms with Crippen LogP contribution in [0.25, 0.3) is 0 Å². The largest absolute Gasteiger partial charge is 0.486 e. The molecule has 22 heavy (non-hydrogen) atoms. The fourth-order valence-corrected chi connectivity index (χ4v) is 2.84. The van der Waals surface area contributed by atoms with Crippen molar-refractivity contribution in [2.24, 2.45) is 0 Å². The van der Waals surface area contributed by atoms with Crippen molar-refractivity contribution < 1.29 is 14.3 Å². The number of nitrogens with one attached hydrogen (secondary N) is 1. The van der Waals surface area contributed by atoms with Crippen molar-refractivity contribution in [3.05, 3.63) is 12.1 Å². The molecule has 0 aliphatic carbocycles. The molecule has 0 saturated heterocycles. The lowest BCUT2D eigenvalue weighted by atomic mass is 10.1. The molecule has 3 rings (SSSR count). The molecule has 0 spiro atoms. The van der Waals surface area contributed by atoms with Crippen LogP contribution in [0.1, 0.15) is 13.3 Å². The minimum atomic E-state index is -0.227. The normalized spacial score (nSPS) is 19.9. The lowest BCUT2D eigenvalue weighted by molar-refractivity contribution is -0.119. The van der Waals surface area contributed by atoms with Crippen molar-refractivity contribution in [3.8, 4) is 11.5 Å². The maximum absolute atomic E-state index is 12.5. The van der Waals surface area contributed by atoms with E-state index >= 15 is 0 Å². The second-order valence-electron chi connectivity index (χ2n) is 6.03. The monoisotopic (exact) mass is 305 g/mol. The van der Waals surface area contributed by atoms with Crippen LogP contribution >= 0.6 is 0 Å². The van der Waals surface area contributed by atoms with Crippen LogP contribution in [-0.4, -0.2) is 57.2 Å². The summed E-state index contributed by atoms with van der Waals surface area (Å²) in [7, 11) is 4.08. The van der Waals surface area contributed by atoms with Gasteiger partial charge in [0.25, 0.3) is 0 Å². The van der Waals surface area contributed by atoms with Gasteiger partial charge >= 0.3 is 0 Å². The number of fused-ring (bicyclic) bond motifs is 2. The van der Waals surface area contributed by atoms with Gasteiger partial charge in [-0.3, -0.25) is 4.79 Å². The molecule has 1 aromatic carbocycles. The van der Waals surface area contributed by atoms with Crippen LogP contribution in [0, 0.1) is 0 Å². The SMILES string of the molecule is CC1Nc2cc3c(cc2N(CCCN(C)C)C1=O)OCCO3. The summed E-state index contributed by atoms with van der Waals surface area (Å²) in [5.74, 6) is 1.56. The van der Waals surface area contributed by atoms with Crippen molar-refractivity contribution in [3.63, 3.8) is 0 Å². The minimum absolute atomic E-state index is 0.0999. The van der Waals surface area contributed by atoms with Crippen LogP contribution < -0.4 is 19.7 Å². The number of benzene rings is 1. The average molecular weight is 305 g/mol. The lowest BCUT2D eigenvalue weighted by Gasteiger charge is -2.35. The number of carbonyl (C=O) groups excluding carboxylic acids is 1. The van der Waals surface area contributed by atoms with Crippen molar-refractivity contribution in [1.82, 2.24) is 4.90 Å². The highest BCUT2D eigenvalue weighted by Crippen LogP contribution is 2.42. The number of carbonyl (C=O) groups is 1. The summed E-state index contributed by atoms with van der Waals surface area (Å²) >= 11 is 0. The molecule has 0 aromatic heterocycles. The molecule has 2 aliphatic rings. The summed E-state index contributed by atoms with van der Waals surface area (Å²) in [6, 6.07) is 3.62. The van der Waals surface area contributed by atoms with Crippen LogP contribution in [0.5, 0.6) is 11.5 Å². The third-order valence-electron chi connectivity index (χ3n) is 3.95. The summed E-state index contributed by atoms with van der Waals surface area (Å²) in [4.78, 5) is 16.5. The first-order valence-corrected chi connectivity index (χ1v) is 7.72. The fourth-order valence-electron chi connectivity index (χ4n) is 2.84. The van der Waals surface area contributed by atoms with E-state index in [-0.39, 0.29) is 11.9 Å². The van der Waals surface area contributed by atoms with Gasteiger partial charge in [-0.25, -0.2) is 0 Å². The molecular formula is C16H23N3O3. The van der Waals surface area contributed by atoms with Crippen molar-refractivity contribution >= 4 is 17.3 Å². The first kappa shape index (κ1) is 15.0. The quantitative estimate of drug-likeness (QED) is 0.915. The van der Waals surface area contributed by atoms with Gasteiger partial charge in [-0.05, 0) is 34.0 Å². The highest BCUT2D eigenvalue weighted by atomic mass is 16.6. The number of ether oxygens (including phenoxy) is 2. The first-order valence-electron chi connectivity index (χ1n) is 7.72. The summed E-state index contributed by atoms with van der Waals surface area (Å²) in [6.07, 6.45) is 0.930. The molecule has 120 valence electrons. The van der Waals surface area contributed by atoms with Gasteiger partial charge < -0.3 is 24.6 Å². The van der Waals surface area contributed by atoms with E-state index in [0.29, 0.717) is 25.5 Å². The number of nitrogens with zero attached hydrogens (tertiary/aromatic N) is 2. The fraction of sp³-hybridized carbons (Fsp3) is 0.562. The van der Waals surface area contributed by atoms with Crippen LogP contribution in [0.2, 0.25) is 0 Å². The molecule has 0 saturated carbocycles. The summed E-state index contributed by atoms with van der Waals surface area (Å²) in [5.41, 5.74) is 1.81. The lowest BCUT2D eigenvalue weighted by Crippen LogP contribution is -2.46. The number of hydrogen-bond donors (Lipinski definition) is 1. The maximum Gasteiger partial charge on any atom is 0.249 e. The average Bonchev–Trinajstić information content (AvgIpc) is 2.49. The Hall–Kier alpha value is -1.95. The molecule has 6 nitrogen and oxygen atoms in total. The zero-order valence-electron chi connectivity index (χ0n) is 13.4. The molecule has 1 N–H and O–H groups in total. The molecule has 0 fully saturated rings. The third-order valence-corrected chi connectivity index (χ3v) is 3.95. The van der Waals surface area contributed by atoms with Crippen LogP contribution in [-0.2, 0) is 4.79 Å². The van der Waals surface area contributed by atoms with Gasteiger partial charge in [0.2, 0.25) is 5.91 Å². The third kappa shape index (κ3) is 2.83. The Kier molecular flexibility index (Phi) is 4.11. The van der Waals surface area contributed by atoms with E-state index in [4.69, 9.17) is 9.47 Å². The number of anilines is 2. The van der Waals surface area contributed by atoms with Crippen LogP contribution in [0.4, 0.5) is 11.4 Å². The van der Waals surface area contributed by atoms with E-state index in [1.165, 1.54) is 0 Å². The van der Waals surface area contributed by atoms with Crippen molar-refractivity contribution in [2.75, 3.05) is 50.6 Å². The molecular weight excluding hydrogens is 282 g/mol. The minimum Gasteiger partial charge on any atom is -0.486 e. The predicted octanol–water partition coefficient (Wildman–Crippen LogP) is 1.56. The molecule has 2 heterocycles. The Labute approximate surface area is 131 Å². The molecule has 1 amide bonds.